The summed E-state index contributed by atoms with van der Waals surface area (Å²) < 4.78 is 5.38. The highest BCUT2D eigenvalue weighted by atomic mass is 16.5. The van der Waals surface area contributed by atoms with Crippen molar-refractivity contribution < 1.29 is 4.52 Å². The zero-order chi connectivity index (χ0) is 13.9. The summed E-state index contributed by atoms with van der Waals surface area (Å²) in [5.41, 5.74) is 1.20. The van der Waals surface area contributed by atoms with E-state index in [0.717, 1.165) is 18.2 Å². The quantitative estimate of drug-likeness (QED) is 0.877. The lowest BCUT2D eigenvalue weighted by Crippen LogP contribution is -2.30. The van der Waals surface area contributed by atoms with Crippen LogP contribution in [0.5, 0.6) is 0 Å². The Morgan fingerprint density at radius 3 is 2.70 bits per heavy atom. The Labute approximate surface area is 119 Å². The Morgan fingerprint density at radius 1 is 1.25 bits per heavy atom. The van der Waals surface area contributed by atoms with E-state index in [0.29, 0.717) is 11.9 Å². The topological polar surface area (TPSA) is 51.0 Å². The minimum absolute atomic E-state index is 0.114. The number of aromatic nitrogens is 2. The molecule has 0 amide bonds. The molecule has 1 aromatic heterocycles. The molecular formula is C16H21N3O. The molecule has 0 bridgehead atoms. The summed E-state index contributed by atoms with van der Waals surface area (Å²) in [6, 6.07) is 10.9. The molecule has 1 aliphatic rings. The van der Waals surface area contributed by atoms with Gasteiger partial charge in [-0.2, -0.15) is 4.98 Å². The molecule has 4 heteroatoms. The van der Waals surface area contributed by atoms with Gasteiger partial charge in [-0.1, -0.05) is 35.5 Å². The van der Waals surface area contributed by atoms with Crippen LogP contribution in [0.2, 0.25) is 0 Å². The maximum absolute atomic E-state index is 5.38. The third-order valence-corrected chi connectivity index (χ3v) is 3.90. The second-order valence-electron chi connectivity index (χ2n) is 5.73. The van der Waals surface area contributed by atoms with Crippen LogP contribution >= 0.6 is 0 Å². The van der Waals surface area contributed by atoms with Gasteiger partial charge in [0.25, 0.3) is 0 Å². The Hall–Kier alpha value is -1.68. The van der Waals surface area contributed by atoms with E-state index in [9.17, 15) is 0 Å². The van der Waals surface area contributed by atoms with E-state index >= 15 is 0 Å². The highest BCUT2D eigenvalue weighted by Gasteiger charge is 2.29. The molecule has 4 nitrogen and oxygen atoms in total. The van der Waals surface area contributed by atoms with Crippen LogP contribution in [0.4, 0.5) is 0 Å². The molecule has 0 aliphatic heterocycles. The van der Waals surface area contributed by atoms with E-state index < -0.39 is 0 Å². The average molecular weight is 271 g/mol. The van der Waals surface area contributed by atoms with E-state index in [2.05, 4.69) is 41.4 Å². The summed E-state index contributed by atoms with van der Waals surface area (Å²) in [4.78, 5) is 4.50. The molecule has 3 rings (SSSR count). The van der Waals surface area contributed by atoms with Gasteiger partial charge in [0.05, 0.1) is 6.04 Å². The van der Waals surface area contributed by atoms with Crippen LogP contribution in [0.15, 0.2) is 34.9 Å². The van der Waals surface area contributed by atoms with Crippen molar-refractivity contribution in [1.29, 1.82) is 0 Å². The first-order valence-electron chi connectivity index (χ1n) is 7.35. The van der Waals surface area contributed by atoms with Gasteiger partial charge in [-0.25, -0.2) is 0 Å². The molecule has 106 valence electrons. The van der Waals surface area contributed by atoms with Gasteiger partial charge in [0.15, 0.2) is 5.82 Å². The molecule has 20 heavy (non-hydrogen) atoms. The van der Waals surface area contributed by atoms with Crippen LogP contribution in [0.1, 0.15) is 50.0 Å². The lowest BCUT2D eigenvalue weighted by molar-refractivity contribution is 0.317. The molecule has 1 heterocycles. The first-order valence-corrected chi connectivity index (χ1v) is 7.35. The molecule has 0 saturated heterocycles. The largest absolute Gasteiger partial charge is 0.338 e. The van der Waals surface area contributed by atoms with Crippen molar-refractivity contribution in [3.8, 4) is 0 Å². The highest BCUT2D eigenvalue weighted by Crippen LogP contribution is 2.33. The Kier molecular flexibility index (Phi) is 3.83. The van der Waals surface area contributed by atoms with Crippen LogP contribution in [0, 0.1) is 5.92 Å². The lowest BCUT2D eigenvalue weighted by atomic mass is 10.1. The van der Waals surface area contributed by atoms with Gasteiger partial charge in [-0.3, -0.25) is 0 Å². The molecule has 0 radical (unpaired) electrons. The molecule has 1 saturated carbocycles. The fourth-order valence-corrected chi connectivity index (χ4v) is 2.49. The van der Waals surface area contributed by atoms with Crippen LogP contribution < -0.4 is 5.32 Å². The third-order valence-electron chi connectivity index (χ3n) is 3.90. The van der Waals surface area contributed by atoms with Crippen molar-refractivity contribution in [2.75, 3.05) is 0 Å². The monoisotopic (exact) mass is 271 g/mol. The molecule has 0 spiro atoms. The summed E-state index contributed by atoms with van der Waals surface area (Å²) in [6.07, 6.45) is 3.39. The lowest BCUT2D eigenvalue weighted by Gasteiger charge is -2.16. The molecule has 1 aliphatic carbocycles. The van der Waals surface area contributed by atoms with Gasteiger partial charge in [-0.05, 0) is 38.2 Å². The molecule has 2 unspecified atom stereocenters. The zero-order valence-corrected chi connectivity index (χ0v) is 12.0. The molecular weight excluding hydrogens is 250 g/mol. The Bertz CT molecular complexity index is 548. The van der Waals surface area contributed by atoms with Gasteiger partial charge >= 0.3 is 0 Å². The number of hydrogen-bond acceptors (Lipinski definition) is 4. The highest BCUT2D eigenvalue weighted by molar-refractivity contribution is 5.18. The van der Waals surface area contributed by atoms with Crippen LogP contribution in [0.25, 0.3) is 0 Å². The summed E-state index contributed by atoms with van der Waals surface area (Å²) in [6.45, 7) is 4.31. The number of nitrogens with one attached hydrogen (secondary N) is 1. The van der Waals surface area contributed by atoms with Crippen molar-refractivity contribution in [3.63, 3.8) is 0 Å². The molecule has 1 fully saturated rings. The van der Waals surface area contributed by atoms with E-state index in [1.54, 1.807) is 0 Å². The Morgan fingerprint density at radius 2 is 2.00 bits per heavy atom. The summed E-state index contributed by atoms with van der Waals surface area (Å²) >= 11 is 0. The van der Waals surface area contributed by atoms with Gasteiger partial charge in [0.2, 0.25) is 5.89 Å². The fraction of sp³-hybridized carbons (Fsp3) is 0.500. The van der Waals surface area contributed by atoms with Gasteiger partial charge in [-0.15, -0.1) is 0 Å². The van der Waals surface area contributed by atoms with Gasteiger partial charge in [0, 0.05) is 12.5 Å². The number of rotatable bonds is 6. The van der Waals surface area contributed by atoms with Crippen molar-refractivity contribution in [2.45, 2.75) is 45.2 Å². The van der Waals surface area contributed by atoms with E-state index in [-0.39, 0.29) is 6.04 Å². The van der Waals surface area contributed by atoms with Crippen molar-refractivity contribution >= 4 is 0 Å². The SMILES string of the molecule is CC(NC(C)C1CC1)c1nc(Cc2ccccc2)no1. The number of nitrogens with zero attached hydrogens (tertiary/aromatic N) is 2. The first kappa shape index (κ1) is 13.3. The van der Waals surface area contributed by atoms with E-state index in [1.165, 1.54) is 18.4 Å². The van der Waals surface area contributed by atoms with Crippen LogP contribution in [-0.4, -0.2) is 16.2 Å². The van der Waals surface area contributed by atoms with Crippen molar-refractivity contribution in [3.05, 3.63) is 47.6 Å². The van der Waals surface area contributed by atoms with Crippen molar-refractivity contribution in [1.82, 2.24) is 15.5 Å². The second-order valence-corrected chi connectivity index (χ2v) is 5.73. The van der Waals surface area contributed by atoms with Crippen molar-refractivity contribution in [2.24, 2.45) is 5.92 Å². The summed E-state index contributed by atoms with van der Waals surface area (Å²) in [5, 5.41) is 7.61. The predicted molar refractivity (Wildman–Crippen MR) is 77.3 cm³/mol. The van der Waals surface area contributed by atoms with Crippen LogP contribution in [-0.2, 0) is 6.42 Å². The van der Waals surface area contributed by atoms with E-state index in [4.69, 9.17) is 4.52 Å². The minimum atomic E-state index is 0.114. The summed E-state index contributed by atoms with van der Waals surface area (Å²) in [7, 11) is 0. The van der Waals surface area contributed by atoms with Gasteiger partial charge in [0.1, 0.15) is 0 Å². The average Bonchev–Trinajstić information content (AvgIpc) is 3.20. The molecule has 1 N–H and O–H groups in total. The second kappa shape index (κ2) is 5.75. The molecule has 1 aromatic carbocycles. The molecule has 2 aromatic rings. The third kappa shape index (κ3) is 3.25. The van der Waals surface area contributed by atoms with Crippen LogP contribution in [0.3, 0.4) is 0 Å². The Balaban J connectivity index is 1.61. The first-order chi connectivity index (χ1) is 9.72. The normalized spacial score (nSPS) is 17.9. The maximum atomic E-state index is 5.38. The minimum Gasteiger partial charge on any atom is -0.338 e. The fourth-order valence-electron chi connectivity index (χ4n) is 2.49. The molecule has 2 atom stereocenters. The summed E-state index contributed by atoms with van der Waals surface area (Å²) in [5.74, 6) is 2.26. The number of benzene rings is 1. The van der Waals surface area contributed by atoms with Gasteiger partial charge < -0.3 is 9.84 Å². The standard InChI is InChI=1S/C16H21N3O/c1-11(14-8-9-14)17-12(2)16-18-15(19-20-16)10-13-6-4-3-5-7-13/h3-7,11-12,14,17H,8-10H2,1-2H3. The van der Waals surface area contributed by atoms with E-state index in [1.807, 2.05) is 18.2 Å². The maximum Gasteiger partial charge on any atom is 0.243 e. The predicted octanol–water partition coefficient (Wildman–Crippen LogP) is 3.11. The number of hydrogen-bond donors (Lipinski definition) is 1. The zero-order valence-electron chi connectivity index (χ0n) is 12.0. The smallest absolute Gasteiger partial charge is 0.243 e.